The average Bonchev–Trinajstić information content (AvgIpc) is 3.14. The van der Waals surface area contributed by atoms with Crippen LogP contribution in [-0.4, -0.2) is 45.1 Å². The number of nitrogens with zero attached hydrogens (tertiary/aromatic N) is 4. The van der Waals surface area contributed by atoms with Crippen molar-refractivity contribution >= 4 is 52.1 Å². The number of halogens is 3. The number of aromatic hydroxyl groups is 2. The van der Waals surface area contributed by atoms with Crippen molar-refractivity contribution in [3.63, 3.8) is 0 Å². The number of anilines is 1. The van der Waals surface area contributed by atoms with Gasteiger partial charge in [0.05, 0.1) is 34.9 Å². The third-order valence-electron chi connectivity index (χ3n) is 6.38. The van der Waals surface area contributed by atoms with E-state index in [0.717, 1.165) is 16.8 Å². The average molecular weight is 539 g/mol. The topological polar surface area (TPSA) is 165 Å². The molecule has 0 spiro atoms. The van der Waals surface area contributed by atoms with E-state index < -0.39 is 41.5 Å². The fraction of sp³-hybridized carbons (Fsp3) is 0.200. The van der Waals surface area contributed by atoms with Crippen molar-refractivity contribution < 1.29 is 33.0 Å². The second-order valence-electron chi connectivity index (χ2n) is 8.80. The van der Waals surface area contributed by atoms with Gasteiger partial charge in [-0.2, -0.15) is 23.4 Å². The predicted molar refractivity (Wildman–Crippen MR) is 135 cm³/mol. The molecule has 2 aromatic carbocycles. The summed E-state index contributed by atoms with van der Waals surface area (Å²) in [5.74, 6) is -1.84. The smallest absolute Gasteiger partial charge is 0.418 e. The lowest BCUT2D eigenvalue weighted by molar-refractivity contribution is -0.137. The van der Waals surface area contributed by atoms with Crippen LogP contribution < -0.4 is 10.6 Å². The molecule has 5 rings (SSSR count). The Balaban J connectivity index is 1.40. The van der Waals surface area contributed by atoms with E-state index >= 15 is 0 Å². The lowest BCUT2D eigenvalue weighted by Crippen LogP contribution is -2.41. The Morgan fingerprint density at radius 3 is 2.64 bits per heavy atom. The lowest BCUT2D eigenvalue weighted by atomic mass is 10.0. The highest BCUT2D eigenvalue weighted by Crippen LogP contribution is 2.43. The number of fused-ring (bicyclic) bond motifs is 2. The van der Waals surface area contributed by atoms with Crippen molar-refractivity contribution in [2.75, 3.05) is 5.32 Å². The predicted octanol–water partition coefficient (Wildman–Crippen LogP) is 4.86. The van der Waals surface area contributed by atoms with E-state index in [1.807, 2.05) is 0 Å². The van der Waals surface area contributed by atoms with Gasteiger partial charge in [0.15, 0.2) is 0 Å². The molecular formula is C25H20F3N7O4. The van der Waals surface area contributed by atoms with Crippen LogP contribution in [0.25, 0.3) is 10.8 Å². The Kier molecular flexibility index (Phi) is 6.38. The molecule has 0 aliphatic carbocycles. The minimum absolute atomic E-state index is 0.0502. The van der Waals surface area contributed by atoms with Gasteiger partial charge in [0.1, 0.15) is 6.04 Å². The number of nitrogens with one attached hydrogen (secondary N) is 3. The van der Waals surface area contributed by atoms with E-state index in [1.165, 1.54) is 42.7 Å². The summed E-state index contributed by atoms with van der Waals surface area (Å²) in [6.45, 7) is 0. The van der Waals surface area contributed by atoms with Crippen molar-refractivity contribution in [3.05, 3.63) is 53.7 Å². The number of alkyl halides is 3. The molecule has 5 N–H and O–H groups in total. The third-order valence-corrected chi connectivity index (χ3v) is 6.38. The zero-order chi connectivity index (χ0) is 27.9. The maximum atomic E-state index is 13.4. The van der Waals surface area contributed by atoms with Gasteiger partial charge in [-0.1, -0.05) is 6.07 Å². The summed E-state index contributed by atoms with van der Waals surface area (Å²) in [4.78, 5) is 27.8. The third kappa shape index (κ3) is 4.71. The van der Waals surface area contributed by atoms with Crippen LogP contribution in [0.3, 0.4) is 0 Å². The molecule has 200 valence electrons. The van der Waals surface area contributed by atoms with E-state index in [1.54, 1.807) is 0 Å². The number of hydrogen-bond donors (Lipinski definition) is 5. The molecule has 11 nitrogen and oxygen atoms in total. The number of azo groups is 1. The normalized spacial score (nSPS) is 19.7. The molecule has 1 aromatic heterocycles. The van der Waals surface area contributed by atoms with Crippen molar-refractivity contribution in [3.8, 4) is 11.8 Å². The number of amides is 2. The maximum Gasteiger partial charge on any atom is 0.418 e. The molecule has 2 amide bonds. The molecule has 14 heteroatoms. The van der Waals surface area contributed by atoms with Gasteiger partial charge < -0.3 is 20.9 Å². The molecule has 2 aliphatic heterocycles. The number of aliphatic imine (C=N–C) groups is 1. The first-order valence-corrected chi connectivity index (χ1v) is 11.6. The quantitative estimate of drug-likeness (QED) is 0.177. The standard InChI is InChI=1S/C25H20F3N7O4/c26-25(27,28)16-2-1-3-17-21(16)32-18(11-30-17)12(9-29)10-31-34-13-4-5-14-15(8-13)24(39)35(23(14)38)19-6-7-20(36)33-22(19)37/h1-5,8-11,18-19,29,32,38-39H,6-7H2,(H,33,36,37)/b12-10+,29-9?,34-31?. The van der Waals surface area contributed by atoms with Gasteiger partial charge >= 0.3 is 6.18 Å². The van der Waals surface area contributed by atoms with Gasteiger partial charge in [0, 0.05) is 35.2 Å². The van der Waals surface area contributed by atoms with Gasteiger partial charge in [-0.3, -0.25) is 24.5 Å². The van der Waals surface area contributed by atoms with E-state index in [0.29, 0.717) is 0 Å². The fourth-order valence-electron chi connectivity index (χ4n) is 4.48. The number of para-hydroxylation sites is 1. The van der Waals surface area contributed by atoms with Crippen molar-refractivity contribution in [2.45, 2.75) is 31.1 Å². The molecule has 0 bridgehead atoms. The van der Waals surface area contributed by atoms with Crippen LogP contribution in [0, 0.1) is 5.41 Å². The SMILES string of the molecule is N=C/C(=C\N=Nc1ccc2c(O)n(C3CCC(=O)NC3=O)c(O)c2c1)C1C=Nc2cccc(C(F)(F)F)c2N1. The zero-order valence-corrected chi connectivity index (χ0v) is 19.9. The number of carbonyl (C=O) groups excluding carboxylic acids is 2. The summed E-state index contributed by atoms with van der Waals surface area (Å²) in [6.07, 6.45) is -0.983. The molecule has 3 heterocycles. The van der Waals surface area contributed by atoms with Crippen LogP contribution in [-0.2, 0) is 15.8 Å². The number of carbonyl (C=O) groups is 2. The van der Waals surface area contributed by atoms with Gasteiger partial charge in [-0.25, -0.2) is 0 Å². The van der Waals surface area contributed by atoms with Crippen LogP contribution in [0.1, 0.15) is 24.4 Å². The molecule has 0 saturated carbocycles. The molecule has 39 heavy (non-hydrogen) atoms. The minimum Gasteiger partial charge on any atom is -0.494 e. The molecule has 1 fully saturated rings. The van der Waals surface area contributed by atoms with Crippen LogP contribution in [0.5, 0.6) is 11.8 Å². The van der Waals surface area contributed by atoms with E-state index in [9.17, 15) is 33.0 Å². The molecule has 2 atom stereocenters. The van der Waals surface area contributed by atoms with Crippen LogP contribution >= 0.6 is 0 Å². The molecular weight excluding hydrogens is 519 g/mol. The van der Waals surface area contributed by atoms with E-state index in [4.69, 9.17) is 5.41 Å². The number of hydrogen-bond acceptors (Lipinski definition) is 9. The number of imide groups is 1. The Morgan fingerprint density at radius 1 is 1.15 bits per heavy atom. The zero-order valence-electron chi connectivity index (χ0n) is 19.9. The molecule has 2 unspecified atom stereocenters. The van der Waals surface area contributed by atoms with E-state index in [2.05, 4.69) is 25.9 Å². The summed E-state index contributed by atoms with van der Waals surface area (Å²) in [7, 11) is 0. The van der Waals surface area contributed by atoms with Crippen LogP contribution in [0.15, 0.2) is 63.4 Å². The highest BCUT2D eigenvalue weighted by atomic mass is 19.4. The van der Waals surface area contributed by atoms with Crippen molar-refractivity contribution in [1.29, 1.82) is 5.41 Å². The fourth-order valence-corrected chi connectivity index (χ4v) is 4.48. The van der Waals surface area contributed by atoms with Gasteiger partial charge in [-0.15, -0.1) is 0 Å². The Hall–Kier alpha value is -5.01. The van der Waals surface area contributed by atoms with Crippen LogP contribution in [0.2, 0.25) is 0 Å². The Morgan fingerprint density at radius 2 is 1.92 bits per heavy atom. The van der Waals surface area contributed by atoms with Crippen molar-refractivity contribution in [1.82, 2.24) is 9.88 Å². The first kappa shape index (κ1) is 25.6. The van der Waals surface area contributed by atoms with Crippen molar-refractivity contribution in [2.24, 2.45) is 15.2 Å². The first-order valence-electron chi connectivity index (χ1n) is 11.6. The van der Waals surface area contributed by atoms with Gasteiger partial charge in [0.2, 0.25) is 23.6 Å². The van der Waals surface area contributed by atoms with E-state index in [-0.39, 0.29) is 52.1 Å². The number of benzene rings is 2. The monoisotopic (exact) mass is 539 g/mol. The lowest BCUT2D eigenvalue weighted by Gasteiger charge is -2.24. The highest BCUT2D eigenvalue weighted by molar-refractivity contribution is 6.01. The number of piperidine rings is 1. The number of rotatable bonds is 5. The molecule has 3 aromatic rings. The first-order chi connectivity index (χ1) is 18.6. The second kappa shape index (κ2) is 9.70. The minimum atomic E-state index is -4.60. The second-order valence-corrected chi connectivity index (χ2v) is 8.80. The number of aromatic nitrogens is 1. The maximum absolute atomic E-state index is 13.4. The largest absolute Gasteiger partial charge is 0.494 e. The van der Waals surface area contributed by atoms with Crippen LogP contribution in [0.4, 0.5) is 30.2 Å². The summed E-state index contributed by atoms with van der Waals surface area (Å²) >= 11 is 0. The van der Waals surface area contributed by atoms with Gasteiger partial charge in [0.25, 0.3) is 0 Å². The molecule has 0 radical (unpaired) electrons. The summed E-state index contributed by atoms with van der Waals surface area (Å²) in [5.41, 5.74) is -0.547. The summed E-state index contributed by atoms with van der Waals surface area (Å²) in [6, 6.07) is 6.16. The summed E-state index contributed by atoms with van der Waals surface area (Å²) in [5, 5.41) is 42.3. The highest BCUT2D eigenvalue weighted by Gasteiger charge is 2.36. The van der Waals surface area contributed by atoms with Gasteiger partial charge in [-0.05, 0) is 36.8 Å². The summed E-state index contributed by atoms with van der Waals surface area (Å²) < 4.78 is 41.3. The molecule has 2 aliphatic rings. The molecule has 1 saturated heterocycles. The Labute approximate surface area is 217 Å². The Bertz CT molecular complexity index is 1610.